The molecule has 0 aliphatic carbocycles. The minimum absolute atomic E-state index is 0.0724. The molecule has 0 saturated carbocycles. The molecule has 1 aromatic carbocycles. The molecule has 16 heavy (non-hydrogen) atoms. The van der Waals surface area contributed by atoms with Gasteiger partial charge in [-0.15, -0.1) is 0 Å². The second kappa shape index (κ2) is 4.98. The lowest BCUT2D eigenvalue weighted by atomic mass is 10.1. The van der Waals surface area contributed by atoms with Crippen LogP contribution in [0.2, 0.25) is 0 Å². The van der Waals surface area contributed by atoms with Crippen LogP contribution in [0.25, 0.3) is 0 Å². The maximum Gasteiger partial charge on any atom is 0.305 e. The summed E-state index contributed by atoms with van der Waals surface area (Å²) < 4.78 is 26.7. The number of nitrogens with zero attached hydrogens (tertiary/aromatic N) is 1. The molecule has 0 heterocycles. The van der Waals surface area contributed by atoms with Crippen LogP contribution in [-0.4, -0.2) is 16.1 Å². The zero-order chi connectivity index (χ0) is 12.3. The summed E-state index contributed by atoms with van der Waals surface area (Å²) in [5, 5.41) is 19.4. The lowest BCUT2D eigenvalue weighted by Gasteiger charge is -2.06. The van der Waals surface area contributed by atoms with Crippen LogP contribution >= 0.6 is 0 Å². The van der Waals surface area contributed by atoms with E-state index in [1.54, 1.807) is 0 Å². The van der Waals surface area contributed by atoms with Gasteiger partial charge in [-0.3, -0.25) is 10.1 Å². The van der Waals surface area contributed by atoms with Crippen molar-refractivity contribution in [3.63, 3.8) is 0 Å². The van der Waals surface area contributed by atoms with Crippen molar-refractivity contribution in [1.82, 2.24) is 0 Å². The number of nitro groups is 1. The largest absolute Gasteiger partial charge is 0.393 e. The monoisotopic (exact) mass is 231 g/mol. The summed E-state index contributed by atoms with van der Waals surface area (Å²) in [7, 11) is 0. The normalized spacial score (nSPS) is 12.5. The highest BCUT2D eigenvalue weighted by atomic mass is 19.1. The van der Waals surface area contributed by atoms with Crippen molar-refractivity contribution in [2.75, 3.05) is 0 Å². The van der Waals surface area contributed by atoms with E-state index in [1.807, 2.05) is 0 Å². The second-order valence-corrected chi connectivity index (χ2v) is 3.50. The number of benzene rings is 1. The van der Waals surface area contributed by atoms with Gasteiger partial charge in [0.1, 0.15) is 5.82 Å². The minimum atomic E-state index is -1.16. The summed E-state index contributed by atoms with van der Waals surface area (Å²) in [6.45, 7) is 1.48. The molecule has 0 bridgehead atoms. The van der Waals surface area contributed by atoms with E-state index < -0.39 is 28.3 Å². The number of aliphatic hydroxyl groups is 1. The Morgan fingerprint density at radius 1 is 1.50 bits per heavy atom. The molecule has 0 saturated heterocycles. The summed E-state index contributed by atoms with van der Waals surface area (Å²) in [6.07, 6.45) is -0.635. The first-order valence-corrected chi connectivity index (χ1v) is 4.72. The molecule has 1 atom stereocenters. The Hall–Kier alpha value is -1.56. The summed E-state index contributed by atoms with van der Waals surface area (Å²) in [5.41, 5.74) is -1.10. The topological polar surface area (TPSA) is 63.4 Å². The molecule has 1 aromatic rings. The second-order valence-electron chi connectivity index (χ2n) is 3.50. The molecule has 0 amide bonds. The Bertz CT molecular complexity index is 407. The van der Waals surface area contributed by atoms with Crippen molar-refractivity contribution in [1.29, 1.82) is 0 Å². The summed E-state index contributed by atoms with van der Waals surface area (Å²) in [6, 6.07) is 1.65. The Kier molecular flexibility index (Phi) is 3.89. The molecule has 0 unspecified atom stereocenters. The lowest BCUT2D eigenvalue weighted by Crippen LogP contribution is -2.06. The van der Waals surface area contributed by atoms with Gasteiger partial charge < -0.3 is 5.11 Å². The molecule has 88 valence electrons. The molecule has 0 aromatic heterocycles. The number of rotatable bonds is 4. The highest BCUT2D eigenvalue weighted by Gasteiger charge is 2.21. The zero-order valence-electron chi connectivity index (χ0n) is 8.61. The first kappa shape index (κ1) is 12.5. The van der Waals surface area contributed by atoms with Crippen LogP contribution in [0.1, 0.15) is 18.9 Å². The van der Waals surface area contributed by atoms with Gasteiger partial charge in [-0.05, 0) is 25.8 Å². The van der Waals surface area contributed by atoms with Crippen LogP contribution < -0.4 is 0 Å². The molecular formula is C10H11F2NO3. The van der Waals surface area contributed by atoms with Crippen LogP contribution in [0.4, 0.5) is 14.5 Å². The Balaban J connectivity index is 3.06. The molecule has 0 aliphatic rings. The van der Waals surface area contributed by atoms with Gasteiger partial charge in [0, 0.05) is 11.6 Å². The number of hydrogen-bond donors (Lipinski definition) is 1. The van der Waals surface area contributed by atoms with Gasteiger partial charge in [0.25, 0.3) is 0 Å². The van der Waals surface area contributed by atoms with E-state index in [0.717, 1.165) is 12.1 Å². The number of halogens is 2. The van der Waals surface area contributed by atoms with E-state index in [2.05, 4.69) is 0 Å². The number of hydrogen-bond acceptors (Lipinski definition) is 3. The molecule has 1 N–H and O–H groups in total. The standard InChI is InChI=1S/C10H11F2NO3/c1-6(14)2-3-7-8(11)4-5-9(10(7)12)13(15)16/h4-6,14H,2-3H2,1H3/t6-/m0/s1. The summed E-state index contributed by atoms with van der Waals surface area (Å²) >= 11 is 0. The molecule has 6 heteroatoms. The maximum atomic E-state index is 13.5. The molecule has 4 nitrogen and oxygen atoms in total. The van der Waals surface area contributed by atoms with E-state index in [-0.39, 0.29) is 18.4 Å². The predicted molar refractivity (Wildman–Crippen MR) is 53.0 cm³/mol. The van der Waals surface area contributed by atoms with Gasteiger partial charge in [-0.2, -0.15) is 4.39 Å². The van der Waals surface area contributed by atoms with Crippen molar-refractivity contribution in [2.24, 2.45) is 0 Å². The lowest BCUT2D eigenvalue weighted by molar-refractivity contribution is -0.387. The number of nitro benzene ring substituents is 1. The van der Waals surface area contributed by atoms with Crippen LogP contribution in [-0.2, 0) is 6.42 Å². The third kappa shape index (κ3) is 2.73. The molecule has 0 fully saturated rings. The molecule has 0 aliphatic heterocycles. The Morgan fingerprint density at radius 3 is 2.62 bits per heavy atom. The smallest absolute Gasteiger partial charge is 0.305 e. The quantitative estimate of drug-likeness (QED) is 0.638. The minimum Gasteiger partial charge on any atom is -0.393 e. The van der Waals surface area contributed by atoms with Crippen molar-refractivity contribution in [3.8, 4) is 0 Å². The van der Waals surface area contributed by atoms with Crippen molar-refractivity contribution in [2.45, 2.75) is 25.9 Å². The van der Waals surface area contributed by atoms with Crippen molar-refractivity contribution >= 4 is 5.69 Å². The third-order valence-electron chi connectivity index (χ3n) is 2.17. The first-order chi connectivity index (χ1) is 7.43. The van der Waals surface area contributed by atoms with Gasteiger partial charge in [0.15, 0.2) is 0 Å². The Morgan fingerprint density at radius 2 is 2.12 bits per heavy atom. The summed E-state index contributed by atoms with van der Waals surface area (Å²) in [4.78, 5) is 9.52. The Labute approximate surface area is 90.7 Å². The fourth-order valence-electron chi connectivity index (χ4n) is 1.31. The van der Waals surface area contributed by atoms with Gasteiger partial charge in [0.05, 0.1) is 11.0 Å². The average molecular weight is 231 g/mol. The number of aliphatic hydroxyl groups excluding tert-OH is 1. The fourth-order valence-corrected chi connectivity index (χ4v) is 1.31. The van der Waals surface area contributed by atoms with Gasteiger partial charge in [0.2, 0.25) is 5.82 Å². The average Bonchev–Trinajstić information content (AvgIpc) is 2.16. The molecular weight excluding hydrogens is 220 g/mol. The maximum absolute atomic E-state index is 13.5. The highest BCUT2D eigenvalue weighted by Crippen LogP contribution is 2.24. The first-order valence-electron chi connectivity index (χ1n) is 4.72. The SMILES string of the molecule is C[C@H](O)CCc1c(F)ccc([N+](=O)[O-])c1F. The highest BCUT2D eigenvalue weighted by molar-refractivity contribution is 5.37. The third-order valence-corrected chi connectivity index (χ3v) is 2.17. The van der Waals surface area contributed by atoms with Crippen LogP contribution in [0.3, 0.4) is 0 Å². The van der Waals surface area contributed by atoms with Gasteiger partial charge in [-0.25, -0.2) is 4.39 Å². The van der Waals surface area contributed by atoms with E-state index in [0.29, 0.717) is 0 Å². The van der Waals surface area contributed by atoms with Crippen LogP contribution in [0.5, 0.6) is 0 Å². The zero-order valence-corrected chi connectivity index (χ0v) is 8.61. The summed E-state index contributed by atoms with van der Waals surface area (Å²) in [5.74, 6) is -1.99. The van der Waals surface area contributed by atoms with E-state index >= 15 is 0 Å². The molecule has 0 spiro atoms. The fraction of sp³-hybridized carbons (Fsp3) is 0.400. The van der Waals surface area contributed by atoms with E-state index in [1.165, 1.54) is 6.92 Å². The van der Waals surface area contributed by atoms with Crippen LogP contribution in [0.15, 0.2) is 12.1 Å². The van der Waals surface area contributed by atoms with E-state index in [4.69, 9.17) is 5.11 Å². The predicted octanol–water partition coefficient (Wildman–Crippen LogP) is 2.19. The molecule has 0 radical (unpaired) electrons. The molecule has 1 rings (SSSR count). The van der Waals surface area contributed by atoms with Gasteiger partial charge >= 0.3 is 5.69 Å². The van der Waals surface area contributed by atoms with Gasteiger partial charge in [-0.1, -0.05) is 0 Å². The van der Waals surface area contributed by atoms with Crippen molar-refractivity contribution in [3.05, 3.63) is 39.4 Å². The van der Waals surface area contributed by atoms with Crippen molar-refractivity contribution < 1.29 is 18.8 Å². The van der Waals surface area contributed by atoms with E-state index in [9.17, 15) is 18.9 Å². The van der Waals surface area contributed by atoms with Crippen LogP contribution in [0, 0.1) is 21.7 Å².